The first-order chi connectivity index (χ1) is 9.11. The quantitative estimate of drug-likeness (QED) is 0.820. The number of aryl methyl sites for hydroxylation is 1. The molecule has 1 unspecified atom stereocenters. The van der Waals surface area contributed by atoms with Crippen LogP contribution in [0.5, 0.6) is 0 Å². The average molecular weight is 263 g/mol. The number of hydrogen-bond acceptors (Lipinski definition) is 5. The minimum atomic E-state index is -0.865. The maximum Gasteiger partial charge on any atom is 0.326 e. The molecule has 19 heavy (non-hydrogen) atoms. The number of nitrogens with zero attached hydrogens (tertiary/aromatic N) is 4. The van der Waals surface area contributed by atoms with Gasteiger partial charge in [-0.1, -0.05) is 19.8 Å². The van der Waals surface area contributed by atoms with Crippen LogP contribution < -0.4 is 5.32 Å². The van der Waals surface area contributed by atoms with Crippen LogP contribution in [-0.4, -0.2) is 36.7 Å². The van der Waals surface area contributed by atoms with Gasteiger partial charge in [0.25, 0.3) is 5.78 Å². The van der Waals surface area contributed by atoms with Crippen LogP contribution in [0.1, 0.15) is 31.9 Å². The molecule has 0 fully saturated rings. The van der Waals surface area contributed by atoms with E-state index in [0.717, 1.165) is 18.5 Å². The number of nitrogens with one attached hydrogen (secondary N) is 1. The molecular weight excluding hydrogens is 246 g/mol. The van der Waals surface area contributed by atoms with Gasteiger partial charge in [-0.15, -0.1) is 0 Å². The summed E-state index contributed by atoms with van der Waals surface area (Å²) in [6.07, 6.45) is 3.78. The van der Waals surface area contributed by atoms with Crippen LogP contribution in [-0.2, 0) is 4.79 Å². The monoisotopic (exact) mass is 263 g/mol. The largest absolute Gasteiger partial charge is 0.480 e. The smallest absolute Gasteiger partial charge is 0.326 e. The van der Waals surface area contributed by atoms with Crippen molar-refractivity contribution in [2.45, 2.75) is 39.2 Å². The molecule has 0 amide bonds. The molecule has 7 heteroatoms. The minimum absolute atomic E-state index is 0.460. The average Bonchev–Trinajstić information content (AvgIpc) is 2.81. The fraction of sp³-hybridized carbons (Fsp3) is 0.500. The molecule has 2 N–H and O–H groups in total. The first kappa shape index (κ1) is 13.3. The van der Waals surface area contributed by atoms with Crippen molar-refractivity contribution in [1.82, 2.24) is 19.6 Å². The van der Waals surface area contributed by atoms with E-state index in [-0.39, 0.29) is 0 Å². The van der Waals surface area contributed by atoms with Crippen molar-refractivity contribution in [2.24, 2.45) is 0 Å². The Labute approximate surface area is 110 Å². The molecule has 2 aromatic heterocycles. The lowest BCUT2D eigenvalue weighted by Crippen LogP contribution is -2.30. The Morgan fingerprint density at radius 2 is 2.37 bits per heavy atom. The van der Waals surface area contributed by atoms with Gasteiger partial charge in [0.2, 0.25) is 0 Å². The third kappa shape index (κ3) is 2.98. The maximum absolute atomic E-state index is 11.2. The summed E-state index contributed by atoms with van der Waals surface area (Å²) in [5.74, 6) is 0.196. The highest BCUT2D eigenvalue weighted by Gasteiger charge is 2.18. The van der Waals surface area contributed by atoms with Crippen LogP contribution in [0.15, 0.2) is 12.4 Å². The molecule has 2 aromatic rings. The van der Waals surface area contributed by atoms with Crippen LogP contribution in [0.3, 0.4) is 0 Å². The van der Waals surface area contributed by atoms with E-state index in [1.165, 1.54) is 10.8 Å². The highest BCUT2D eigenvalue weighted by Crippen LogP contribution is 2.14. The molecule has 0 aliphatic heterocycles. The zero-order valence-electron chi connectivity index (χ0n) is 11.0. The van der Waals surface area contributed by atoms with Crippen molar-refractivity contribution in [3.8, 4) is 0 Å². The van der Waals surface area contributed by atoms with Crippen LogP contribution >= 0.6 is 0 Å². The number of aliphatic carboxylic acids is 1. The number of carbonyl (C=O) groups is 1. The fourth-order valence-corrected chi connectivity index (χ4v) is 1.88. The Bertz CT molecular complexity index is 581. The number of carboxylic acid groups (broad SMARTS) is 1. The van der Waals surface area contributed by atoms with E-state index >= 15 is 0 Å². The Kier molecular flexibility index (Phi) is 3.94. The predicted molar refractivity (Wildman–Crippen MR) is 70.1 cm³/mol. The van der Waals surface area contributed by atoms with E-state index in [2.05, 4.69) is 20.4 Å². The molecule has 0 saturated carbocycles. The predicted octanol–water partition coefficient (Wildman–Crippen LogP) is 1.49. The van der Waals surface area contributed by atoms with E-state index in [1.54, 1.807) is 6.07 Å². The first-order valence-corrected chi connectivity index (χ1v) is 6.28. The Morgan fingerprint density at radius 1 is 1.58 bits per heavy atom. The lowest BCUT2D eigenvalue weighted by atomic mass is 10.1. The molecule has 0 aliphatic rings. The molecule has 2 rings (SSSR count). The fourth-order valence-electron chi connectivity index (χ4n) is 1.88. The third-order valence-corrected chi connectivity index (χ3v) is 2.85. The van der Waals surface area contributed by atoms with Gasteiger partial charge < -0.3 is 10.4 Å². The number of fused-ring (bicyclic) bond motifs is 1. The molecule has 1 atom stereocenters. The van der Waals surface area contributed by atoms with Gasteiger partial charge in [0, 0.05) is 11.8 Å². The van der Waals surface area contributed by atoms with Gasteiger partial charge in [-0.3, -0.25) is 0 Å². The number of anilines is 1. The number of unbranched alkanes of at least 4 members (excludes halogenated alkanes) is 1. The van der Waals surface area contributed by atoms with Crippen LogP contribution in [0.2, 0.25) is 0 Å². The van der Waals surface area contributed by atoms with E-state index in [0.29, 0.717) is 18.0 Å². The Balaban J connectivity index is 2.27. The lowest BCUT2D eigenvalue weighted by Gasteiger charge is -2.16. The molecule has 0 radical (unpaired) electrons. The number of hydrogen-bond donors (Lipinski definition) is 2. The van der Waals surface area contributed by atoms with E-state index in [4.69, 9.17) is 0 Å². The normalized spacial score (nSPS) is 12.5. The summed E-state index contributed by atoms with van der Waals surface area (Å²) >= 11 is 0. The molecule has 7 nitrogen and oxygen atoms in total. The van der Waals surface area contributed by atoms with E-state index in [1.807, 2.05) is 13.8 Å². The van der Waals surface area contributed by atoms with Crippen LogP contribution in [0.4, 0.5) is 5.82 Å². The molecule has 0 aliphatic carbocycles. The second kappa shape index (κ2) is 5.64. The number of carboxylic acids is 1. The highest BCUT2D eigenvalue weighted by atomic mass is 16.4. The molecule has 2 heterocycles. The zero-order chi connectivity index (χ0) is 13.8. The topological polar surface area (TPSA) is 92.4 Å². The van der Waals surface area contributed by atoms with Gasteiger partial charge in [-0.25, -0.2) is 9.78 Å². The van der Waals surface area contributed by atoms with Gasteiger partial charge in [0.15, 0.2) is 0 Å². The van der Waals surface area contributed by atoms with Crippen molar-refractivity contribution in [2.75, 3.05) is 5.32 Å². The SMILES string of the molecule is CCCCC(Nc1cc(C)nc2ncnn12)C(=O)O. The number of rotatable bonds is 6. The van der Waals surface area contributed by atoms with Crippen molar-refractivity contribution < 1.29 is 9.90 Å². The summed E-state index contributed by atoms with van der Waals surface area (Å²) in [7, 11) is 0. The van der Waals surface area contributed by atoms with Crippen LogP contribution in [0.25, 0.3) is 5.78 Å². The second-order valence-electron chi connectivity index (χ2n) is 4.43. The van der Waals surface area contributed by atoms with Crippen LogP contribution in [0, 0.1) is 6.92 Å². The molecule has 0 saturated heterocycles. The van der Waals surface area contributed by atoms with Crippen molar-refractivity contribution in [1.29, 1.82) is 0 Å². The van der Waals surface area contributed by atoms with Crippen molar-refractivity contribution in [3.05, 3.63) is 18.1 Å². The Morgan fingerprint density at radius 3 is 3.05 bits per heavy atom. The number of aromatic nitrogens is 4. The summed E-state index contributed by atoms with van der Waals surface area (Å²) in [6.45, 7) is 3.87. The van der Waals surface area contributed by atoms with E-state index in [9.17, 15) is 9.90 Å². The molecule has 0 bridgehead atoms. The summed E-state index contributed by atoms with van der Waals surface area (Å²) < 4.78 is 1.51. The minimum Gasteiger partial charge on any atom is -0.480 e. The Hall–Kier alpha value is -2.18. The van der Waals surface area contributed by atoms with Gasteiger partial charge in [0.1, 0.15) is 18.2 Å². The summed E-state index contributed by atoms with van der Waals surface area (Å²) in [4.78, 5) is 19.5. The summed E-state index contributed by atoms with van der Waals surface area (Å²) in [6, 6.07) is 1.14. The van der Waals surface area contributed by atoms with Crippen molar-refractivity contribution in [3.63, 3.8) is 0 Å². The summed E-state index contributed by atoms with van der Waals surface area (Å²) in [5, 5.41) is 16.3. The van der Waals surface area contributed by atoms with Gasteiger partial charge in [0.05, 0.1) is 0 Å². The highest BCUT2D eigenvalue weighted by molar-refractivity contribution is 5.77. The molecular formula is C12H17N5O2. The van der Waals surface area contributed by atoms with Gasteiger partial charge >= 0.3 is 5.97 Å². The van der Waals surface area contributed by atoms with Gasteiger partial charge in [-0.2, -0.15) is 14.6 Å². The molecule has 102 valence electrons. The second-order valence-corrected chi connectivity index (χ2v) is 4.43. The maximum atomic E-state index is 11.2. The zero-order valence-corrected chi connectivity index (χ0v) is 11.0. The molecule has 0 spiro atoms. The summed E-state index contributed by atoms with van der Waals surface area (Å²) in [5.41, 5.74) is 0.766. The van der Waals surface area contributed by atoms with Gasteiger partial charge in [-0.05, 0) is 13.3 Å². The van der Waals surface area contributed by atoms with E-state index < -0.39 is 12.0 Å². The molecule has 0 aromatic carbocycles. The van der Waals surface area contributed by atoms with Crippen molar-refractivity contribution >= 4 is 17.6 Å². The third-order valence-electron chi connectivity index (χ3n) is 2.85. The standard InChI is InChI=1S/C12H17N5O2/c1-3-4-5-9(11(18)19)16-10-6-8(2)15-12-13-7-14-17(10)12/h6-7,9,16H,3-5H2,1-2H3,(H,18,19). The lowest BCUT2D eigenvalue weighted by molar-refractivity contribution is -0.138. The first-order valence-electron chi connectivity index (χ1n) is 6.28.